The second-order valence-electron chi connectivity index (χ2n) is 9.02. The molecule has 35 heavy (non-hydrogen) atoms. The maximum atomic E-state index is 12.7. The van der Waals surface area contributed by atoms with Gasteiger partial charge in [0.05, 0.1) is 13.0 Å². The number of methoxy groups -OCH3 is 1. The Morgan fingerprint density at radius 2 is 1.80 bits per heavy atom. The van der Waals surface area contributed by atoms with Crippen molar-refractivity contribution in [3.8, 4) is 16.9 Å². The monoisotopic (exact) mass is 480 g/mol. The first-order valence-corrected chi connectivity index (χ1v) is 12.8. The number of likely N-dealkylation sites (tertiary alicyclic amines) is 1. The van der Waals surface area contributed by atoms with Crippen LogP contribution in [0.1, 0.15) is 39.5 Å². The molecule has 2 N–H and O–H groups in total. The van der Waals surface area contributed by atoms with Crippen LogP contribution in [0.4, 0.5) is 10.5 Å². The second kappa shape index (κ2) is 13.7. The van der Waals surface area contributed by atoms with E-state index in [9.17, 15) is 9.59 Å². The van der Waals surface area contributed by atoms with Gasteiger partial charge < -0.3 is 25.2 Å². The third-order valence-electron chi connectivity index (χ3n) is 6.68. The van der Waals surface area contributed by atoms with Gasteiger partial charge in [-0.3, -0.25) is 4.79 Å². The van der Waals surface area contributed by atoms with E-state index in [1.54, 1.807) is 7.11 Å². The van der Waals surface area contributed by atoms with Crippen LogP contribution >= 0.6 is 0 Å². The predicted molar refractivity (Wildman–Crippen MR) is 142 cm³/mol. The highest BCUT2D eigenvalue weighted by atomic mass is 16.5. The third kappa shape index (κ3) is 7.72. The van der Waals surface area contributed by atoms with Gasteiger partial charge in [-0.05, 0) is 76.4 Å². The molecule has 7 nitrogen and oxygen atoms in total. The van der Waals surface area contributed by atoms with Crippen molar-refractivity contribution in [2.24, 2.45) is 5.92 Å². The highest BCUT2D eigenvalue weighted by Gasteiger charge is 2.27. The number of para-hydroxylation sites is 1. The molecule has 1 unspecified atom stereocenters. The highest BCUT2D eigenvalue weighted by Crippen LogP contribution is 2.30. The van der Waals surface area contributed by atoms with Gasteiger partial charge in [0.15, 0.2) is 0 Å². The zero-order chi connectivity index (χ0) is 25.0. The van der Waals surface area contributed by atoms with Crippen LogP contribution in [0.25, 0.3) is 11.1 Å². The number of amides is 3. The number of piperidine rings is 1. The molecule has 2 aromatic rings. The van der Waals surface area contributed by atoms with Crippen LogP contribution in [0.15, 0.2) is 48.5 Å². The number of anilines is 1. The Labute approximate surface area is 209 Å². The predicted octanol–water partition coefficient (Wildman–Crippen LogP) is 4.84. The van der Waals surface area contributed by atoms with E-state index in [0.717, 1.165) is 81.0 Å². The SMILES string of the molecule is CCN(CC)C(=O)C1CCCN(CCCCNC(=O)Nc2ccc(-c3ccccc3OC)cc2)C1. The Morgan fingerprint density at radius 3 is 2.51 bits per heavy atom. The maximum absolute atomic E-state index is 12.7. The Kier molecular flexibility index (Phi) is 10.4. The molecule has 7 heteroatoms. The molecule has 0 spiro atoms. The largest absolute Gasteiger partial charge is 0.496 e. The Bertz CT molecular complexity index is 943. The number of ether oxygens (including phenoxy) is 1. The summed E-state index contributed by atoms with van der Waals surface area (Å²) in [5, 5.41) is 5.84. The molecule has 190 valence electrons. The van der Waals surface area contributed by atoms with Gasteiger partial charge in [0.25, 0.3) is 0 Å². The van der Waals surface area contributed by atoms with Crippen LogP contribution in [0, 0.1) is 5.92 Å². The first-order chi connectivity index (χ1) is 17.0. The summed E-state index contributed by atoms with van der Waals surface area (Å²) in [6, 6.07) is 15.4. The van der Waals surface area contributed by atoms with Gasteiger partial charge in [-0.15, -0.1) is 0 Å². The first kappa shape index (κ1) is 26.5. The number of carbonyl (C=O) groups is 2. The normalized spacial score (nSPS) is 15.9. The molecule has 3 amide bonds. The highest BCUT2D eigenvalue weighted by molar-refractivity contribution is 5.89. The summed E-state index contributed by atoms with van der Waals surface area (Å²) in [6.45, 7) is 9.16. The third-order valence-corrected chi connectivity index (χ3v) is 6.68. The molecule has 0 saturated carbocycles. The molecule has 1 aliphatic rings. The standard InChI is InChI=1S/C28H40N4O3/c1-4-32(5-2)27(33)23-11-10-20-31(21-23)19-9-8-18-29-28(34)30-24-16-14-22(15-17-24)25-12-6-7-13-26(25)35-3/h6-7,12-17,23H,4-5,8-11,18-21H2,1-3H3,(H2,29,30,34). The van der Waals surface area contributed by atoms with Gasteiger partial charge in [0.1, 0.15) is 5.75 Å². The molecular weight excluding hydrogens is 440 g/mol. The number of hydrogen-bond acceptors (Lipinski definition) is 4. The van der Waals surface area contributed by atoms with E-state index in [1.807, 2.05) is 67.3 Å². The van der Waals surface area contributed by atoms with Gasteiger partial charge in [-0.1, -0.05) is 30.3 Å². The van der Waals surface area contributed by atoms with Crippen molar-refractivity contribution in [2.75, 3.05) is 51.7 Å². The first-order valence-electron chi connectivity index (χ1n) is 12.8. The summed E-state index contributed by atoms with van der Waals surface area (Å²) in [7, 11) is 1.66. The van der Waals surface area contributed by atoms with Crippen molar-refractivity contribution in [1.82, 2.24) is 15.1 Å². The minimum absolute atomic E-state index is 0.127. The fourth-order valence-corrected chi connectivity index (χ4v) is 4.71. The van der Waals surface area contributed by atoms with E-state index in [-0.39, 0.29) is 11.9 Å². The number of unbranched alkanes of at least 4 members (excludes halogenated alkanes) is 1. The van der Waals surface area contributed by atoms with E-state index < -0.39 is 0 Å². The number of benzene rings is 2. The zero-order valence-corrected chi connectivity index (χ0v) is 21.4. The molecule has 1 saturated heterocycles. The molecule has 1 atom stereocenters. The Balaban J connectivity index is 1.35. The summed E-state index contributed by atoms with van der Waals surface area (Å²) in [6.07, 6.45) is 3.98. The number of nitrogens with one attached hydrogen (secondary N) is 2. The molecule has 1 aliphatic heterocycles. The van der Waals surface area contributed by atoms with Crippen molar-refractivity contribution in [1.29, 1.82) is 0 Å². The molecule has 2 aromatic carbocycles. The fourth-order valence-electron chi connectivity index (χ4n) is 4.71. The van der Waals surface area contributed by atoms with E-state index >= 15 is 0 Å². The van der Waals surface area contributed by atoms with Crippen molar-refractivity contribution in [3.05, 3.63) is 48.5 Å². The van der Waals surface area contributed by atoms with Gasteiger partial charge in [-0.25, -0.2) is 4.79 Å². The van der Waals surface area contributed by atoms with Crippen molar-refractivity contribution >= 4 is 17.6 Å². The minimum Gasteiger partial charge on any atom is -0.496 e. The number of urea groups is 1. The van der Waals surface area contributed by atoms with Gasteiger partial charge in [-0.2, -0.15) is 0 Å². The lowest BCUT2D eigenvalue weighted by Crippen LogP contribution is -2.45. The molecule has 0 aliphatic carbocycles. The van der Waals surface area contributed by atoms with Gasteiger partial charge >= 0.3 is 6.03 Å². The number of hydrogen-bond donors (Lipinski definition) is 2. The minimum atomic E-state index is -0.196. The van der Waals surface area contributed by atoms with Crippen LogP contribution in [0.3, 0.4) is 0 Å². The average molecular weight is 481 g/mol. The van der Waals surface area contributed by atoms with Crippen LogP contribution in [0.2, 0.25) is 0 Å². The zero-order valence-electron chi connectivity index (χ0n) is 21.4. The van der Waals surface area contributed by atoms with Crippen LogP contribution in [-0.2, 0) is 4.79 Å². The topological polar surface area (TPSA) is 73.9 Å². The number of carbonyl (C=O) groups excluding carboxylic acids is 2. The van der Waals surface area contributed by atoms with Crippen molar-refractivity contribution < 1.29 is 14.3 Å². The molecule has 1 fully saturated rings. The lowest BCUT2D eigenvalue weighted by Gasteiger charge is -2.34. The van der Waals surface area contributed by atoms with Crippen molar-refractivity contribution in [2.45, 2.75) is 39.5 Å². The summed E-state index contributed by atoms with van der Waals surface area (Å²) in [5.41, 5.74) is 2.80. The molecule has 0 radical (unpaired) electrons. The van der Waals surface area contributed by atoms with Crippen LogP contribution in [-0.4, -0.2) is 68.1 Å². The van der Waals surface area contributed by atoms with E-state index in [2.05, 4.69) is 15.5 Å². The Morgan fingerprint density at radius 1 is 1.06 bits per heavy atom. The summed E-state index contributed by atoms with van der Waals surface area (Å²) in [5.74, 6) is 1.25. The molecular formula is C28H40N4O3. The second-order valence-corrected chi connectivity index (χ2v) is 9.02. The Hall–Kier alpha value is -3.06. The van der Waals surface area contributed by atoms with Crippen molar-refractivity contribution in [3.63, 3.8) is 0 Å². The molecule has 0 bridgehead atoms. The molecule has 0 aromatic heterocycles. The summed E-state index contributed by atoms with van der Waals surface area (Å²) < 4.78 is 5.43. The van der Waals surface area contributed by atoms with E-state index in [0.29, 0.717) is 12.5 Å². The smallest absolute Gasteiger partial charge is 0.319 e. The van der Waals surface area contributed by atoms with E-state index in [1.165, 1.54) is 0 Å². The number of rotatable bonds is 11. The lowest BCUT2D eigenvalue weighted by atomic mass is 9.96. The summed E-state index contributed by atoms with van der Waals surface area (Å²) in [4.78, 5) is 29.3. The van der Waals surface area contributed by atoms with Gasteiger partial charge in [0.2, 0.25) is 5.91 Å². The average Bonchev–Trinajstić information content (AvgIpc) is 2.89. The lowest BCUT2D eigenvalue weighted by molar-refractivity contribution is -0.137. The quantitative estimate of drug-likeness (QED) is 0.451. The molecule has 3 rings (SSSR count). The van der Waals surface area contributed by atoms with E-state index in [4.69, 9.17) is 4.74 Å². The van der Waals surface area contributed by atoms with Crippen LogP contribution in [0.5, 0.6) is 5.75 Å². The fraction of sp³-hybridized carbons (Fsp3) is 0.500. The van der Waals surface area contributed by atoms with Crippen LogP contribution < -0.4 is 15.4 Å². The number of nitrogens with zero attached hydrogens (tertiary/aromatic N) is 2. The van der Waals surface area contributed by atoms with Gasteiger partial charge in [0, 0.05) is 37.4 Å². The maximum Gasteiger partial charge on any atom is 0.319 e. The molecule has 1 heterocycles. The summed E-state index contributed by atoms with van der Waals surface area (Å²) >= 11 is 0.